The normalized spacial score (nSPS) is 27.2. The molecule has 0 spiro atoms. The number of aromatic nitrogens is 3. The Morgan fingerprint density at radius 1 is 0.857 bits per heavy atom. The number of anilines is 2. The van der Waals surface area contributed by atoms with E-state index in [1.54, 1.807) is 18.3 Å². The molecule has 0 bridgehead atoms. The zero-order valence-corrected chi connectivity index (χ0v) is 31.7. The highest BCUT2D eigenvalue weighted by Crippen LogP contribution is 2.41. The Hall–Kier alpha value is -4.56. The molecule has 1 atom stereocenters. The van der Waals surface area contributed by atoms with E-state index >= 15 is 4.39 Å². The highest BCUT2D eigenvalue weighted by Gasteiger charge is 2.38. The highest BCUT2D eigenvalue weighted by molar-refractivity contribution is 6.01. The summed E-state index contributed by atoms with van der Waals surface area (Å²) in [5.74, 6) is -0.867. The molecular formula is C42H52F2N8O4. The number of rotatable bonds is 10. The maximum Gasteiger partial charge on any atom is 0.249 e. The lowest BCUT2D eigenvalue weighted by atomic mass is 9.77. The maximum absolute atomic E-state index is 15.2. The summed E-state index contributed by atoms with van der Waals surface area (Å²) < 4.78 is 30.1. The topological polar surface area (TPSA) is 161 Å². The van der Waals surface area contributed by atoms with Gasteiger partial charge in [0.2, 0.25) is 23.7 Å². The van der Waals surface area contributed by atoms with E-state index in [0.717, 1.165) is 83.7 Å². The van der Waals surface area contributed by atoms with Crippen molar-refractivity contribution in [1.82, 2.24) is 30.5 Å². The number of nitrogens with one attached hydrogen (secondary N) is 4. The fraction of sp³-hybridized carbons (Fsp3) is 0.571. The van der Waals surface area contributed by atoms with E-state index < -0.39 is 17.5 Å². The van der Waals surface area contributed by atoms with E-state index in [1.165, 1.54) is 12.3 Å². The van der Waals surface area contributed by atoms with Crippen LogP contribution in [0.2, 0.25) is 0 Å². The standard InChI is InChI=1S/C42H52F2N8O4/c43-33-23-30(47-35-12-13-37(53)50-40(35)55)8-11-32(33)25-15-20-52(21-16-25)31-9-6-28(7-10-31)48-39(54)26-2-4-29(5-3-26)49-41-46-24-34(44)38(51-41)27-14-19-45-36(22-27)42(56)17-1-18-42/h8,11,14,19,22-26,28-29,31,35,47,56H,1-7,9-10,12-13,15-18,20-21H2,(H,48,54)(H,46,49,51)(H,50,53,55). The molecular weight excluding hydrogens is 719 g/mol. The van der Waals surface area contributed by atoms with Gasteiger partial charge in [-0.15, -0.1) is 0 Å². The molecule has 8 rings (SSSR count). The van der Waals surface area contributed by atoms with Gasteiger partial charge in [0.1, 0.15) is 23.2 Å². The number of imide groups is 1. The molecule has 5 N–H and O–H groups in total. The Kier molecular flexibility index (Phi) is 11.3. The van der Waals surface area contributed by atoms with Crippen molar-refractivity contribution >= 4 is 29.4 Å². The van der Waals surface area contributed by atoms with E-state index in [1.807, 2.05) is 12.1 Å². The number of hydrogen-bond acceptors (Lipinski definition) is 10. The Morgan fingerprint density at radius 3 is 2.30 bits per heavy atom. The fourth-order valence-corrected chi connectivity index (χ4v) is 9.38. The monoisotopic (exact) mass is 770 g/mol. The summed E-state index contributed by atoms with van der Waals surface area (Å²) in [5.41, 5.74) is 1.57. The van der Waals surface area contributed by atoms with Crippen LogP contribution in [0.4, 0.5) is 20.4 Å². The Bertz CT molecular complexity index is 1920. The third-order valence-corrected chi connectivity index (χ3v) is 13.0. The van der Waals surface area contributed by atoms with Crippen molar-refractivity contribution in [1.29, 1.82) is 0 Å². The lowest BCUT2D eigenvalue weighted by Gasteiger charge is -2.41. The number of carbonyl (C=O) groups excluding carboxylic acids is 3. The summed E-state index contributed by atoms with van der Waals surface area (Å²) in [7, 11) is 0. The average Bonchev–Trinajstić information content (AvgIpc) is 3.19. The number of piperidine rings is 2. The van der Waals surface area contributed by atoms with Crippen molar-refractivity contribution in [3.8, 4) is 11.3 Å². The summed E-state index contributed by atoms with van der Waals surface area (Å²) in [6.07, 6.45) is 14.5. The average molecular weight is 771 g/mol. The quantitative estimate of drug-likeness (QED) is 0.162. The number of pyridine rings is 1. The zero-order chi connectivity index (χ0) is 38.8. The van der Waals surface area contributed by atoms with Crippen molar-refractivity contribution < 1.29 is 28.3 Å². The number of aliphatic hydroxyl groups is 1. The van der Waals surface area contributed by atoms with Crippen LogP contribution in [0.3, 0.4) is 0 Å². The third-order valence-electron chi connectivity index (χ3n) is 13.0. The van der Waals surface area contributed by atoms with Crippen LogP contribution in [0.5, 0.6) is 0 Å². The largest absolute Gasteiger partial charge is 0.384 e. The number of carbonyl (C=O) groups is 3. The van der Waals surface area contributed by atoms with Crippen LogP contribution in [-0.2, 0) is 20.0 Å². The van der Waals surface area contributed by atoms with Crippen LogP contribution in [0.15, 0.2) is 42.7 Å². The van der Waals surface area contributed by atoms with E-state index in [0.29, 0.717) is 53.8 Å². The molecule has 3 amide bonds. The predicted molar refractivity (Wildman–Crippen MR) is 206 cm³/mol. The van der Waals surface area contributed by atoms with Crippen LogP contribution in [0, 0.1) is 17.6 Å². The lowest BCUT2D eigenvalue weighted by molar-refractivity contribution is -0.133. The van der Waals surface area contributed by atoms with Gasteiger partial charge in [-0.1, -0.05) is 6.07 Å². The first kappa shape index (κ1) is 38.3. The molecule has 2 aliphatic heterocycles. The molecule has 12 nitrogen and oxygen atoms in total. The van der Waals surface area contributed by atoms with Gasteiger partial charge in [-0.2, -0.15) is 0 Å². The Morgan fingerprint density at radius 2 is 1.61 bits per heavy atom. The fourth-order valence-electron chi connectivity index (χ4n) is 9.38. The molecule has 14 heteroatoms. The zero-order valence-electron chi connectivity index (χ0n) is 31.7. The highest BCUT2D eigenvalue weighted by atomic mass is 19.1. The summed E-state index contributed by atoms with van der Waals surface area (Å²) in [6.45, 7) is 1.83. The molecule has 298 valence electrons. The van der Waals surface area contributed by atoms with Crippen molar-refractivity contribution in [2.24, 2.45) is 5.92 Å². The number of likely N-dealkylation sites (tertiary alicyclic amines) is 1. The van der Waals surface area contributed by atoms with Gasteiger partial charge in [-0.3, -0.25) is 24.7 Å². The molecule has 3 aromatic rings. The SMILES string of the molecule is O=C1CCC(Nc2ccc(C3CCN(C4CCC(NC(=O)C5CCC(Nc6ncc(F)c(-c7ccnc(C8(O)CCC8)c7)n6)CC5)CC4)CC3)c(F)c2)C(=O)N1. The molecule has 5 aliphatic rings. The first-order valence-corrected chi connectivity index (χ1v) is 20.5. The Balaban J connectivity index is 0.752. The molecule has 2 aromatic heterocycles. The summed E-state index contributed by atoms with van der Waals surface area (Å²) in [5, 5.41) is 22.8. The minimum atomic E-state index is -0.952. The number of amides is 3. The molecule has 5 fully saturated rings. The van der Waals surface area contributed by atoms with Crippen LogP contribution < -0.4 is 21.3 Å². The number of benzene rings is 1. The second-order valence-corrected chi connectivity index (χ2v) is 16.6. The number of nitrogens with zero attached hydrogens (tertiary/aromatic N) is 4. The molecule has 56 heavy (non-hydrogen) atoms. The van der Waals surface area contributed by atoms with Gasteiger partial charge in [-0.25, -0.2) is 18.7 Å². The molecule has 4 heterocycles. The molecule has 3 aliphatic carbocycles. The molecule has 1 aromatic carbocycles. The second-order valence-electron chi connectivity index (χ2n) is 16.6. The lowest BCUT2D eigenvalue weighted by Crippen LogP contribution is -2.47. The smallest absolute Gasteiger partial charge is 0.249 e. The van der Waals surface area contributed by atoms with Crippen LogP contribution in [0.1, 0.15) is 113 Å². The molecule has 1 unspecified atom stereocenters. The minimum Gasteiger partial charge on any atom is -0.384 e. The van der Waals surface area contributed by atoms with Crippen LogP contribution in [0.25, 0.3) is 11.3 Å². The van der Waals surface area contributed by atoms with Gasteiger partial charge in [0.05, 0.1) is 11.9 Å². The molecule has 0 radical (unpaired) electrons. The van der Waals surface area contributed by atoms with Crippen LogP contribution in [-0.4, -0.2) is 79.9 Å². The van der Waals surface area contributed by atoms with Crippen molar-refractivity contribution in [3.63, 3.8) is 0 Å². The molecule has 3 saturated carbocycles. The van der Waals surface area contributed by atoms with Crippen molar-refractivity contribution in [2.45, 2.75) is 132 Å². The van der Waals surface area contributed by atoms with E-state index in [2.05, 4.69) is 41.1 Å². The summed E-state index contributed by atoms with van der Waals surface area (Å²) in [6, 6.07) is 8.72. The summed E-state index contributed by atoms with van der Waals surface area (Å²) in [4.78, 5) is 52.4. The van der Waals surface area contributed by atoms with Gasteiger partial charge < -0.3 is 26.0 Å². The van der Waals surface area contributed by atoms with Gasteiger partial charge in [0.25, 0.3) is 0 Å². The van der Waals surface area contributed by atoms with E-state index in [-0.39, 0.29) is 59.6 Å². The Labute approximate surface area is 326 Å². The van der Waals surface area contributed by atoms with E-state index in [4.69, 9.17) is 0 Å². The maximum atomic E-state index is 15.2. The number of halogens is 2. The van der Waals surface area contributed by atoms with Gasteiger partial charge >= 0.3 is 0 Å². The third kappa shape index (κ3) is 8.56. The van der Waals surface area contributed by atoms with Crippen molar-refractivity contribution in [3.05, 3.63) is 65.6 Å². The van der Waals surface area contributed by atoms with E-state index in [9.17, 15) is 23.9 Å². The van der Waals surface area contributed by atoms with Crippen LogP contribution >= 0.6 is 0 Å². The second kappa shape index (κ2) is 16.5. The van der Waals surface area contributed by atoms with Gasteiger partial charge in [0, 0.05) is 47.9 Å². The van der Waals surface area contributed by atoms with Crippen molar-refractivity contribution in [2.75, 3.05) is 23.7 Å². The first-order valence-electron chi connectivity index (χ1n) is 20.5. The number of hydrogen-bond donors (Lipinski definition) is 5. The predicted octanol–water partition coefficient (Wildman–Crippen LogP) is 5.68. The minimum absolute atomic E-state index is 0.0373. The van der Waals surface area contributed by atoms with Gasteiger partial charge in [0.15, 0.2) is 5.82 Å². The summed E-state index contributed by atoms with van der Waals surface area (Å²) >= 11 is 0. The first-order chi connectivity index (χ1) is 27.1. The molecule has 2 saturated heterocycles. The van der Waals surface area contributed by atoms with Gasteiger partial charge in [-0.05, 0) is 139 Å².